The molecular formula is C26H28F6N4O5. The summed E-state index contributed by atoms with van der Waals surface area (Å²) in [5.74, 6) is -3.50. The lowest BCUT2D eigenvalue weighted by Gasteiger charge is -2.44. The highest BCUT2D eigenvalue weighted by molar-refractivity contribution is 5.92. The summed E-state index contributed by atoms with van der Waals surface area (Å²) in [6.45, 7) is -1.63. The molecule has 0 bridgehead atoms. The minimum absolute atomic E-state index is 0.0718. The van der Waals surface area contributed by atoms with E-state index in [0.717, 1.165) is 0 Å². The molecule has 2 atom stereocenters. The monoisotopic (exact) mass is 590 g/mol. The molecule has 1 amide bonds. The zero-order valence-electron chi connectivity index (χ0n) is 21.6. The van der Waals surface area contributed by atoms with Gasteiger partial charge in [0, 0.05) is 30.5 Å². The van der Waals surface area contributed by atoms with Crippen LogP contribution >= 0.6 is 0 Å². The minimum Gasteiger partial charge on any atom is -0.480 e. The van der Waals surface area contributed by atoms with Crippen LogP contribution in [0.1, 0.15) is 42.5 Å². The summed E-state index contributed by atoms with van der Waals surface area (Å²) in [5, 5.41) is 21.1. The van der Waals surface area contributed by atoms with Gasteiger partial charge in [-0.1, -0.05) is 18.9 Å². The van der Waals surface area contributed by atoms with Crippen LogP contribution in [0, 0.1) is 0 Å². The normalized spacial score (nSPS) is 18.0. The zero-order chi connectivity index (χ0) is 30.4. The number of carbonyl (C=O) groups excluding carboxylic acids is 1. The Balaban J connectivity index is 1.87. The number of benzene rings is 1. The molecule has 224 valence electrons. The second kappa shape index (κ2) is 13.3. The molecule has 1 aromatic heterocycles. The minimum atomic E-state index is -5.12. The van der Waals surface area contributed by atoms with E-state index in [9.17, 15) is 50.9 Å². The van der Waals surface area contributed by atoms with Crippen LogP contribution in [0.2, 0.25) is 0 Å². The Labute approximate surface area is 230 Å². The lowest BCUT2D eigenvalue weighted by molar-refractivity contribution is -0.143. The summed E-state index contributed by atoms with van der Waals surface area (Å²) in [4.78, 5) is 43.4. The van der Waals surface area contributed by atoms with Crippen LogP contribution in [0.5, 0.6) is 0 Å². The van der Waals surface area contributed by atoms with Gasteiger partial charge in [-0.15, -0.1) is 0 Å². The molecule has 3 rings (SSSR count). The van der Waals surface area contributed by atoms with Crippen LogP contribution in [0.3, 0.4) is 0 Å². The van der Waals surface area contributed by atoms with Crippen molar-refractivity contribution in [3.63, 3.8) is 0 Å². The number of amides is 1. The molecule has 3 N–H and O–H groups in total. The van der Waals surface area contributed by atoms with Crippen molar-refractivity contribution in [3.05, 3.63) is 59.4 Å². The molecule has 9 nitrogen and oxygen atoms in total. The summed E-state index contributed by atoms with van der Waals surface area (Å²) in [6, 6.07) is 4.57. The number of aliphatic carboxylic acids is 2. The number of carboxylic acids is 2. The maximum Gasteiger partial charge on any atom is 0.416 e. The molecule has 1 saturated carbocycles. The van der Waals surface area contributed by atoms with Gasteiger partial charge in [0.25, 0.3) is 0 Å². The molecule has 41 heavy (non-hydrogen) atoms. The third-order valence-electron chi connectivity index (χ3n) is 6.62. The summed E-state index contributed by atoms with van der Waals surface area (Å²) < 4.78 is 79.4. The number of alkyl halides is 6. The van der Waals surface area contributed by atoms with Crippen molar-refractivity contribution in [2.75, 3.05) is 25.0 Å². The SMILES string of the molecule is O=C(O)CN(CC(=O)Nc1cc(C(F)(F)F)cc(C(F)(F)F)c1)C1CCCCC1N(CC(=O)O)Cc1ccccn1. The Morgan fingerprint density at radius 3 is 1.85 bits per heavy atom. The van der Waals surface area contributed by atoms with E-state index in [1.165, 1.54) is 11.1 Å². The van der Waals surface area contributed by atoms with Crippen LogP contribution in [0.25, 0.3) is 0 Å². The number of pyridine rings is 1. The molecule has 0 radical (unpaired) electrons. The number of hydrogen-bond donors (Lipinski definition) is 3. The first-order valence-electron chi connectivity index (χ1n) is 12.5. The zero-order valence-corrected chi connectivity index (χ0v) is 21.6. The number of nitrogens with zero attached hydrogens (tertiary/aromatic N) is 3. The van der Waals surface area contributed by atoms with Crippen LogP contribution in [0.4, 0.5) is 32.0 Å². The van der Waals surface area contributed by atoms with Crippen molar-refractivity contribution in [3.8, 4) is 0 Å². The summed E-state index contributed by atoms with van der Waals surface area (Å²) in [6.07, 6.45) is -6.54. The van der Waals surface area contributed by atoms with Crippen molar-refractivity contribution in [1.29, 1.82) is 0 Å². The molecule has 15 heteroatoms. The van der Waals surface area contributed by atoms with Gasteiger partial charge in [0.05, 0.1) is 36.5 Å². The lowest BCUT2D eigenvalue weighted by atomic mass is 9.87. The Morgan fingerprint density at radius 1 is 0.829 bits per heavy atom. The third kappa shape index (κ3) is 9.42. The average molecular weight is 591 g/mol. The first-order chi connectivity index (χ1) is 19.1. The largest absolute Gasteiger partial charge is 0.480 e. The van der Waals surface area contributed by atoms with Crippen molar-refractivity contribution >= 4 is 23.5 Å². The predicted octanol–water partition coefficient (Wildman–Crippen LogP) is 4.34. The van der Waals surface area contributed by atoms with E-state index in [1.54, 1.807) is 23.1 Å². The second-order valence-electron chi connectivity index (χ2n) is 9.68. The maximum absolute atomic E-state index is 13.2. The Hall–Kier alpha value is -3.72. The van der Waals surface area contributed by atoms with Crippen molar-refractivity contribution in [2.45, 2.75) is 56.7 Å². The maximum atomic E-state index is 13.2. The molecule has 1 heterocycles. The number of carboxylic acid groups (broad SMARTS) is 2. The van der Waals surface area contributed by atoms with Crippen LogP contribution in [-0.4, -0.2) is 74.6 Å². The average Bonchev–Trinajstić information content (AvgIpc) is 2.87. The fourth-order valence-corrected chi connectivity index (χ4v) is 4.98. The second-order valence-corrected chi connectivity index (χ2v) is 9.68. The van der Waals surface area contributed by atoms with Gasteiger partial charge >= 0.3 is 24.3 Å². The standard InChI is InChI=1S/C26H28F6N4O5/c27-25(28,29)16-9-17(26(30,31)32)11-19(10-16)34-22(37)13-36(15-24(40)41)21-7-2-1-6-20(21)35(14-23(38)39)12-18-5-3-4-8-33-18/h3-5,8-11,20-21H,1-2,6-7,12-15H2,(H,34,37)(H,38,39)(H,40,41). The van der Waals surface area contributed by atoms with Gasteiger partial charge in [0.2, 0.25) is 5.91 Å². The number of hydrogen-bond acceptors (Lipinski definition) is 6. The highest BCUT2D eigenvalue weighted by atomic mass is 19.4. The summed E-state index contributed by atoms with van der Waals surface area (Å²) in [5.41, 5.74) is -3.42. The van der Waals surface area contributed by atoms with Gasteiger partial charge < -0.3 is 15.5 Å². The Bertz CT molecular complexity index is 1190. The number of anilines is 1. The van der Waals surface area contributed by atoms with Gasteiger partial charge in [-0.3, -0.25) is 29.2 Å². The molecule has 1 aliphatic carbocycles. The van der Waals surface area contributed by atoms with Gasteiger partial charge in [-0.2, -0.15) is 26.3 Å². The summed E-state index contributed by atoms with van der Waals surface area (Å²) in [7, 11) is 0. The summed E-state index contributed by atoms with van der Waals surface area (Å²) >= 11 is 0. The topological polar surface area (TPSA) is 123 Å². The number of halogens is 6. The van der Waals surface area contributed by atoms with Crippen molar-refractivity contribution in [1.82, 2.24) is 14.8 Å². The highest BCUT2D eigenvalue weighted by Gasteiger charge is 2.38. The van der Waals surface area contributed by atoms with Crippen molar-refractivity contribution < 1.29 is 50.9 Å². The van der Waals surface area contributed by atoms with E-state index in [-0.39, 0.29) is 12.6 Å². The Morgan fingerprint density at radius 2 is 1.37 bits per heavy atom. The smallest absolute Gasteiger partial charge is 0.416 e. The molecule has 0 aliphatic heterocycles. The molecule has 0 spiro atoms. The molecule has 2 aromatic rings. The van der Waals surface area contributed by atoms with E-state index in [1.807, 2.05) is 5.32 Å². The number of carbonyl (C=O) groups is 3. The molecule has 0 saturated heterocycles. The number of aromatic nitrogens is 1. The van der Waals surface area contributed by atoms with Gasteiger partial charge in [-0.25, -0.2) is 0 Å². The molecular weight excluding hydrogens is 562 g/mol. The van der Waals surface area contributed by atoms with E-state index in [2.05, 4.69) is 4.98 Å². The van der Waals surface area contributed by atoms with E-state index >= 15 is 0 Å². The van der Waals surface area contributed by atoms with E-state index in [4.69, 9.17) is 0 Å². The number of nitrogens with one attached hydrogen (secondary N) is 1. The van der Waals surface area contributed by atoms with Crippen LogP contribution in [0.15, 0.2) is 42.6 Å². The fraction of sp³-hybridized carbons (Fsp3) is 0.462. The van der Waals surface area contributed by atoms with E-state index in [0.29, 0.717) is 43.5 Å². The molecule has 1 fully saturated rings. The van der Waals surface area contributed by atoms with Gasteiger partial charge in [0.15, 0.2) is 0 Å². The lowest BCUT2D eigenvalue weighted by Crippen LogP contribution is -2.56. The first-order valence-corrected chi connectivity index (χ1v) is 12.5. The molecule has 1 aliphatic rings. The quantitative estimate of drug-likeness (QED) is 0.331. The van der Waals surface area contributed by atoms with Gasteiger partial charge in [-0.05, 0) is 43.2 Å². The van der Waals surface area contributed by atoms with Crippen LogP contribution < -0.4 is 5.32 Å². The molecule has 2 unspecified atom stereocenters. The fourth-order valence-electron chi connectivity index (χ4n) is 4.98. The van der Waals surface area contributed by atoms with E-state index < -0.39 is 78.7 Å². The predicted molar refractivity (Wildman–Crippen MR) is 133 cm³/mol. The van der Waals surface area contributed by atoms with Crippen LogP contribution in [-0.2, 0) is 33.3 Å². The number of rotatable bonds is 11. The highest BCUT2D eigenvalue weighted by Crippen LogP contribution is 2.37. The van der Waals surface area contributed by atoms with Crippen molar-refractivity contribution in [2.24, 2.45) is 0 Å². The van der Waals surface area contributed by atoms with Gasteiger partial charge in [0.1, 0.15) is 0 Å². The molecule has 1 aromatic carbocycles. The Kier molecular flexibility index (Phi) is 10.3. The first kappa shape index (κ1) is 31.8. The third-order valence-corrected chi connectivity index (χ3v) is 6.62.